The van der Waals surface area contributed by atoms with Crippen LogP contribution in [0, 0.1) is 13.8 Å². The fraction of sp³-hybridized carbons (Fsp3) is 0.412. The summed E-state index contributed by atoms with van der Waals surface area (Å²) >= 11 is 0. The fourth-order valence-electron chi connectivity index (χ4n) is 2.04. The van der Waals surface area contributed by atoms with Crippen LogP contribution in [0.5, 0.6) is 5.88 Å². The summed E-state index contributed by atoms with van der Waals surface area (Å²) in [6.07, 6.45) is 0.0988. The van der Waals surface area contributed by atoms with Crippen molar-refractivity contribution in [1.82, 2.24) is 9.97 Å². The summed E-state index contributed by atoms with van der Waals surface area (Å²) in [5, 5.41) is 3.33. The third-order valence-corrected chi connectivity index (χ3v) is 3.11. The van der Waals surface area contributed by atoms with Gasteiger partial charge in [-0.25, -0.2) is 4.98 Å². The molecule has 1 heterocycles. The van der Waals surface area contributed by atoms with E-state index in [0.717, 1.165) is 5.69 Å². The van der Waals surface area contributed by atoms with Crippen LogP contribution in [0.3, 0.4) is 0 Å². The summed E-state index contributed by atoms with van der Waals surface area (Å²) in [7, 11) is 0. The zero-order valence-electron chi connectivity index (χ0n) is 13.3. The maximum atomic E-state index is 5.65. The Balaban J connectivity index is 2.14. The van der Waals surface area contributed by atoms with Crippen molar-refractivity contribution in [3.8, 4) is 5.88 Å². The molecule has 2 aromatic rings. The lowest BCUT2D eigenvalue weighted by molar-refractivity contribution is 0.232. The van der Waals surface area contributed by atoms with Gasteiger partial charge in [-0.3, -0.25) is 0 Å². The molecule has 2 rings (SSSR count). The predicted molar refractivity (Wildman–Crippen MR) is 85.7 cm³/mol. The van der Waals surface area contributed by atoms with E-state index in [2.05, 4.69) is 53.4 Å². The van der Waals surface area contributed by atoms with Crippen molar-refractivity contribution < 1.29 is 4.74 Å². The van der Waals surface area contributed by atoms with E-state index in [4.69, 9.17) is 4.74 Å². The Bertz CT molecular complexity index is 593. The van der Waals surface area contributed by atoms with Gasteiger partial charge in [-0.2, -0.15) is 4.98 Å². The van der Waals surface area contributed by atoms with Gasteiger partial charge in [0.15, 0.2) is 0 Å². The van der Waals surface area contributed by atoms with Crippen LogP contribution in [0.4, 0.5) is 5.95 Å². The molecule has 112 valence electrons. The molecule has 1 aromatic carbocycles. The molecule has 0 radical (unpaired) electrons. The number of hydrogen-bond donors (Lipinski definition) is 1. The molecule has 0 saturated carbocycles. The van der Waals surface area contributed by atoms with E-state index in [-0.39, 0.29) is 12.1 Å². The highest BCUT2D eigenvalue weighted by Gasteiger charge is 2.09. The van der Waals surface area contributed by atoms with Crippen LogP contribution >= 0.6 is 0 Å². The summed E-state index contributed by atoms with van der Waals surface area (Å²) in [6.45, 7) is 10.1. The Labute approximate surface area is 126 Å². The Kier molecular flexibility index (Phi) is 4.78. The van der Waals surface area contributed by atoms with Crippen molar-refractivity contribution in [2.24, 2.45) is 0 Å². The largest absolute Gasteiger partial charge is 0.475 e. The second-order valence-corrected chi connectivity index (χ2v) is 5.61. The lowest BCUT2D eigenvalue weighted by Gasteiger charge is -2.16. The van der Waals surface area contributed by atoms with Gasteiger partial charge >= 0.3 is 0 Å². The number of nitrogens with zero attached hydrogens (tertiary/aromatic N) is 2. The van der Waals surface area contributed by atoms with Crippen molar-refractivity contribution in [3.05, 3.63) is 47.2 Å². The van der Waals surface area contributed by atoms with Gasteiger partial charge in [-0.05, 0) is 40.2 Å². The topological polar surface area (TPSA) is 47.0 Å². The standard InChI is InChI=1S/C17H23N3O/c1-11(2)21-16-10-13(4)18-17(20-16)19-14(5)15-8-6-12(3)7-9-15/h6-11,14H,1-5H3,(H,18,19,20). The SMILES string of the molecule is Cc1ccc(C(C)Nc2nc(C)cc(OC(C)C)n2)cc1. The number of ether oxygens (including phenoxy) is 1. The Morgan fingerprint density at radius 1 is 1.00 bits per heavy atom. The summed E-state index contributed by atoms with van der Waals surface area (Å²) in [5.74, 6) is 1.20. The molecule has 1 unspecified atom stereocenters. The lowest BCUT2D eigenvalue weighted by Crippen LogP contribution is -2.12. The molecule has 0 bridgehead atoms. The molecule has 0 fully saturated rings. The molecular formula is C17H23N3O. The maximum absolute atomic E-state index is 5.65. The predicted octanol–water partition coefficient (Wildman–Crippen LogP) is 4.05. The van der Waals surface area contributed by atoms with Gasteiger partial charge in [0, 0.05) is 11.8 Å². The summed E-state index contributed by atoms with van der Waals surface area (Å²) in [4.78, 5) is 8.83. The average Bonchev–Trinajstić information content (AvgIpc) is 2.37. The minimum atomic E-state index is 0.0988. The van der Waals surface area contributed by atoms with Crippen LogP contribution in [0.25, 0.3) is 0 Å². The molecule has 4 nitrogen and oxygen atoms in total. The molecule has 1 aromatic heterocycles. The van der Waals surface area contributed by atoms with E-state index in [1.54, 1.807) is 0 Å². The Morgan fingerprint density at radius 2 is 1.67 bits per heavy atom. The minimum Gasteiger partial charge on any atom is -0.475 e. The zero-order valence-corrected chi connectivity index (χ0v) is 13.3. The van der Waals surface area contributed by atoms with Crippen molar-refractivity contribution in [2.45, 2.75) is 46.8 Å². The smallest absolute Gasteiger partial charge is 0.226 e. The molecule has 0 spiro atoms. The molecule has 0 amide bonds. The van der Waals surface area contributed by atoms with Gasteiger partial charge < -0.3 is 10.1 Å². The molecule has 4 heteroatoms. The molecule has 0 saturated heterocycles. The first-order valence-corrected chi connectivity index (χ1v) is 7.29. The summed E-state index contributed by atoms with van der Waals surface area (Å²) in [5.41, 5.74) is 3.35. The molecule has 1 atom stereocenters. The van der Waals surface area contributed by atoms with E-state index in [1.807, 2.05) is 26.8 Å². The van der Waals surface area contributed by atoms with Crippen molar-refractivity contribution >= 4 is 5.95 Å². The number of aryl methyl sites for hydroxylation is 2. The first-order chi connectivity index (χ1) is 9.94. The maximum Gasteiger partial charge on any atom is 0.226 e. The fourth-order valence-corrected chi connectivity index (χ4v) is 2.04. The lowest BCUT2D eigenvalue weighted by atomic mass is 10.1. The van der Waals surface area contributed by atoms with Gasteiger partial charge in [-0.1, -0.05) is 29.8 Å². The van der Waals surface area contributed by atoms with Gasteiger partial charge in [0.1, 0.15) is 0 Å². The molecule has 0 aliphatic carbocycles. The van der Waals surface area contributed by atoms with Crippen molar-refractivity contribution in [2.75, 3.05) is 5.32 Å². The third kappa shape index (κ3) is 4.45. The van der Waals surface area contributed by atoms with Crippen LogP contribution in [0.2, 0.25) is 0 Å². The number of anilines is 1. The van der Waals surface area contributed by atoms with Crippen molar-refractivity contribution in [3.63, 3.8) is 0 Å². The van der Waals surface area contributed by atoms with Crippen LogP contribution in [0.15, 0.2) is 30.3 Å². The van der Waals surface area contributed by atoms with Gasteiger partial charge in [0.05, 0.1) is 12.1 Å². The van der Waals surface area contributed by atoms with Gasteiger partial charge in [-0.15, -0.1) is 0 Å². The normalized spacial score (nSPS) is 12.3. The van der Waals surface area contributed by atoms with E-state index in [1.165, 1.54) is 11.1 Å². The second-order valence-electron chi connectivity index (χ2n) is 5.61. The highest BCUT2D eigenvalue weighted by Crippen LogP contribution is 2.20. The number of aromatic nitrogens is 2. The Hall–Kier alpha value is -2.10. The van der Waals surface area contributed by atoms with Crippen molar-refractivity contribution in [1.29, 1.82) is 0 Å². The molecule has 0 aliphatic heterocycles. The van der Waals surface area contributed by atoms with Crippen LogP contribution in [-0.2, 0) is 0 Å². The highest BCUT2D eigenvalue weighted by atomic mass is 16.5. The molecule has 21 heavy (non-hydrogen) atoms. The second kappa shape index (κ2) is 6.57. The summed E-state index contributed by atoms with van der Waals surface area (Å²) in [6, 6.07) is 10.4. The first-order valence-electron chi connectivity index (χ1n) is 7.29. The molecular weight excluding hydrogens is 262 g/mol. The third-order valence-electron chi connectivity index (χ3n) is 3.11. The van der Waals surface area contributed by atoms with Crippen LogP contribution in [-0.4, -0.2) is 16.1 Å². The number of nitrogens with one attached hydrogen (secondary N) is 1. The van der Waals surface area contributed by atoms with Crippen LogP contribution < -0.4 is 10.1 Å². The van der Waals surface area contributed by atoms with Crippen LogP contribution in [0.1, 0.15) is 43.6 Å². The highest BCUT2D eigenvalue weighted by molar-refractivity contribution is 5.35. The molecule has 0 aliphatic rings. The van der Waals surface area contributed by atoms with E-state index in [0.29, 0.717) is 11.8 Å². The van der Waals surface area contributed by atoms with Gasteiger partial charge in [0.25, 0.3) is 0 Å². The Morgan fingerprint density at radius 3 is 2.29 bits per heavy atom. The summed E-state index contributed by atoms with van der Waals surface area (Å²) < 4.78 is 5.65. The number of hydrogen-bond acceptors (Lipinski definition) is 4. The first kappa shape index (κ1) is 15.3. The average molecular weight is 285 g/mol. The van der Waals surface area contributed by atoms with Gasteiger partial charge in [0.2, 0.25) is 11.8 Å². The van der Waals surface area contributed by atoms with E-state index in [9.17, 15) is 0 Å². The van der Waals surface area contributed by atoms with E-state index >= 15 is 0 Å². The molecule has 1 N–H and O–H groups in total. The minimum absolute atomic E-state index is 0.0988. The number of rotatable bonds is 5. The number of benzene rings is 1. The quantitative estimate of drug-likeness (QED) is 0.900. The van der Waals surface area contributed by atoms with E-state index < -0.39 is 0 Å². The monoisotopic (exact) mass is 285 g/mol. The zero-order chi connectivity index (χ0) is 15.4.